The van der Waals surface area contributed by atoms with Crippen LogP contribution in [0.15, 0.2) is 66.9 Å². The van der Waals surface area contributed by atoms with Crippen molar-refractivity contribution in [3.8, 4) is 11.3 Å². The van der Waals surface area contributed by atoms with Gasteiger partial charge in [-0.3, -0.25) is 19.3 Å². The first-order chi connectivity index (χ1) is 28.1. The molecule has 2 aromatic carbocycles. The summed E-state index contributed by atoms with van der Waals surface area (Å²) >= 11 is 0. The van der Waals surface area contributed by atoms with Crippen LogP contribution in [0.3, 0.4) is 0 Å². The summed E-state index contributed by atoms with van der Waals surface area (Å²) in [6, 6.07) is 11.0. The van der Waals surface area contributed by atoms with Crippen LogP contribution in [0.1, 0.15) is 75.7 Å². The monoisotopic (exact) mass is 806 g/mol. The number of hydrogen-bond donors (Lipinski definition) is 2. The van der Waals surface area contributed by atoms with Crippen molar-refractivity contribution in [1.29, 1.82) is 0 Å². The lowest BCUT2D eigenvalue weighted by atomic mass is 9.89. The number of unbranched alkanes of at least 4 members (excludes halogenated alkanes) is 4. The molecule has 0 bridgehead atoms. The molecule has 0 aliphatic carbocycles. The number of nitrogens with one attached hydrogen (secondary N) is 2. The van der Waals surface area contributed by atoms with Crippen LogP contribution in [0.5, 0.6) is 0 Å². The number of ether oxygens (including phenoxy) is 2. The predicted molar refractivity (Wildman–Crippen MR) is 210 cm³/mol. The number of urea groups is 1. The maximum atomic E-state index is 15.3. The number of alkyl halides is 1. The fourth-order valence-electron chi connectivity index (χ4n) is 7.83. The summed E-state index contributed by atoms with van der Waals surface area (Å²) in [4.78, 5) is 58.4. The van der Waals surface area contributed by atoms with E-state index in [4.69, 9.17) is 14.5 Å². The van der Waals surface area contributed by atoms with Gasteiger partial charge in [0.05, 0.1) is 17.8 Å². The quantitative estimate of drug-likeness (QED) is 0.0843. The number of benzene rings is 2. The van der Waals surface area contributed by atoms with E-state index < -0.39 is 47.8 Å². The number of aromatic nitrogens is 2. The first-order valence-electron chi connectivity index (χ1n) is 20.3. The molecular formula is C43H53F3N6O6. The molecule has 58 heavy (non-hydrogen) atoms. The highest BCUT2D eigenvalue weighted by Crippen LogP contribution is 2.38. The van der Waals surface area contributed by atoms with Gasteiger partial charge in [-0.1, -0.05) is 49.6 Å². The molecule has 12 nitrogen and oxygen atoms in total. The van der Waals surface area contributed by atoms with Crippen LogP contribution in [0.2, 0.25) is 0 Å². The summed E-state index contributed by atoms with van der Waals surface area (Å²) < 4.78 is 58.2. The van der Waals surface area contributed by atoms with Crippen molar-refractivity contribution in [2.45, 2.75) is 83.1 Å². The Morgan fingerprint density at radius 1 is 1.00 bits per heavy atom. The first-order valence-corrected chi connectivity index (χ1v) is 20.3. The van der Waals surface area contributed by atoms with Crippen LogP contribution in [0, 0.1) is 23.5 Å². The Kier molecular flexibility index (Phi) is 15.1. The van der Waals surface area contributed by atoms with Gasteiger partial charge in [-0.25, -0.2) is 22.9 Å². The van der Waals surface area contributed by atoms with Crippen molar-refractivity contribution in [2.75, 3.05) is 46.0 Å². The molecule has 3 aliphatic heterocycles. The molecule has 2 saturated heterocycles. The van der Waals surface area contributed by atoms with Crippen molar-refractivity contribution in [3.05, 3.63) is 89.9 Å². The van der Waals surface area contributed by atoms with Gasteiger partial charge in [0.1, 0.15) is 30.2 Å². The SMILES string of the molecule is C[C@@H](COC(=O)CCCCCCCN1C(=O)C=CC1=O)NC(=O)N(C[C@@H]1CNC[C@@H]1F)[C@@H](c1nc(-c2cc(F)ccc2F)cn1Cc1ccccc1)C1CCOCC1. The molecule has 2 fully saturated rings. The highest BCUT2D eigenvalue weighted by molar-refractivity contribution is 6.12. The lowest BCUT2D eigenvalue weighted by molar-refractivity contribution is -0.144. The average molecular weight is 807 g/mol. The number of amides is 4. The molecule has 0 spiro atoms. The van der Waals surface area contributed by atoms with Crippen molar-refractivity contribution >= 4 is 23.8 Å². The van der Waals surface area contributed by atoms with Gasteiger partial charge in [-0.2, -0.15) is 0 Å². The molecule has 1 aromatic heterocycles. The average Bonchev–Trinajstić information content (AvgIpc) is 3.92. The van der Waals surface area contributed by atoms with Crippen LogP contribution < -0.4 is 10.6 Å². The van der Waals surface area contributed by atoms with Gasteiger partial charge in [0, 0.05) is 82.2 Å². The molecule has 0 saturated carbocycles. The predicted octanol–water partition coefficient (Wildman–Crippen LogP) is 6.11. The number of esters is 1. The van der Waals surface area contributed by atoms with E-state index >= 15 is 8.78 Å². The summed E-state index contributed by atoms with van der Waals surface area (Å²) in [6.45, 7) is 3.84. The summed E-state index contributed by atoms with van der Waals surface area (Å²) in [5.41, 5.74) is 1.12. The Labute approximate surface area is 337 Å². The van der Waals surface area contributed by atoms with E-state index in [0.29, 0.717) is 64.4 Å². The summed E-state index contributed by atoms with van der Waals surface area (Å²) in [5.74, 6) is -2.44. The van der Waals surface area contributed by atoms with Crippen LogP contribution in [0.4, 0.5) is 18.0 Å². The second-order valence-corrected chi connectivity index (χ2v) is 15.4. The first kappa shape index (κ1) is 42.6. The number of carbonyl (C=O) groups excluding carboxylic acids is 4. The molecule has 4 atom stereocenters. The Morgan fingerprint density at radius 3 is 2.45 bits per heavy atom. The minimum Gasteiger partial charge on any atom is -0.463 e. The van der Waals surface area contributed by atoms with Gasteiger partial charge in [0.2, 0.25) is 0 Å². The lowest BCUT2D eigenvalue weighted by Gasteiger charge is -2.40. The molecule has 4 amide bonds. The van der Waals surface area contributed by atoms with E-state index in [1.165, 1.54) is 17.1 Å². The second-order valence-electron chi connectivity index (χ2n) is 15.4. The Bertz CT molecular complexity index is 1890. The van der Waals surface area contributed by atoms with Gasteiger partial charge in [0.15, 0.2) is 0 Å². The highest BCUT2D eigenvalue weighted by atomic mass is 19.1. The molecule has 4 heterocycles. The minimum atomic E-state index is -1.19. The topological polar surface area (TPSA) is 135 Å². The van der Waals surface area contributed by atoms with Crippen LogP contribution in [-0.2, 0) is 30.4 Å². The maximum absolute atomic E-state index is 15.3. The fraction of sp³-hybridized carbons (Fsp3) is 0.512. The fourth-order valence-corrected chi connectivity index (χ4v) is 7.83. The Hall–Kier alpha value is -5.02. The van der Waals surface area contributed by atoms with Crippen molar-refractivity contribution in [1.82, 2.24) is 30.0 Å². The Balaban J connectivity index is 1.16. The van der Waals surface area contributed by atoms with E-state index in [-0.39, 0.29) is 55.1 Å². The van der Waals surface area contributed by atoms with Crippen LogP contribution in [0.25, 0.3) is 11.3 Å². The molecule has 0 radical (unpaired) electrons. The lowest BCUT2D eigenvalue weighted by Crippen LogP contribution is -2.51. The van der Waals surface area contributed by atoms with Crippen molar-refractivity contribution < 1.29 is 41.8 Å². The van der Waals surface area contributed by atoms with E-state index in [1.807, 2.05) is 34.9 Å². The number of hydrogen-bond acceptors (Lipinski definition) is 8. The van der Waals surface area contributed by atoms with Crippen LogP contribution in [-0.4, -0.2) is 101 Å². The maximum Gasteiger partial charge on any atom is 0.318 e. The summed E-state index contributed by atoms with van der Waals surface area (Å²) in [7, 11) is 0. The summed E-state index contributed by atoms with van der Waals surface area (Å²) in [6.07, 6.45) is 8.14. The molecule has 0 unspecified atom stereocenters. The largest absolute Gasteiger partial charge is 0.463 e. The number of carbonyl (C=O) groups is 4. The van der Waals surface area contributed by atoms with Gasteiger partial charge < -0.3 is 29.6 Å². The van der Waals surface area contributed by atoms with E-state index in [9.17, 15) is 23.6 Å². The van der Waals surface area contributed by atoms with Gasteiger partial charge in [-0.05, 0) is 62.3 Å². The zero-order chi connectivity index (χ0) is 41.0. The molecule has 15 heteroatoms. The van der Waals surface area contributed by atoms with Crippen LogP contribution >= 0.6 is 0 Å². The molecular weight excluding hydrogens is 754 g/mol. The van der Waals surface area contributed by atoms with Gasteiger partial charge >= 0.3 is 12.0 Å². The smallest absolute Gasteiger partial charge is 0.318 e. The van der Waals surface area contributed by atoms with Crippen molar-refractivity contribution in [3.63, 3.8) is 0 Å². The van der Waals surface area contributed by atoms with E-state index in [1.54, 1.807) is 18.0 Å². The second kappa shape index (κ2) is 20.6. The molecule has 3 aliphatic rings. The van der Waals surface area contributed by atoms with Crippen molar-refractivity contribution in [2.24, 2.45) is 11.8 Å². The summed E-state index contributed by atoms with van der Waals surface area (Å²) in [5, 5.41) is 6.08. The van der Waals surface area contributed by atoms with Gasteiger partial charge in [0.25, 0.3) is 11.8 Å². The zero-order valence-corrected chi connectivity index (χ0v) is 32.9. The molecule has 3 aromatic rings. The number of imide groups is 1. The minimum absolute atomic E-state index is 0.0142. The number of imidazole rings is 1. The Morgan fingerprint density at radius 2 is 1.72 bits per heavy atom. The molecule has 6 rings (SSSR count). The van der Waals surface area contributed by atoms with E-state index in [0.717, 1.165) is 43.0 Å². The highest BCUT2D eigenvalue weighted by Gasteiger charge is 2.40. The number of nitrogens with zero attached hydrogens (tertiary/aromatic N) is 4. The number of rotatable bonds is 19. The standard InChI is InChI=1S/C43H53F3N6O6/c1-29(28-58-40(55)12-8-3-2-4-9-19-51-38(53)15-16-39(51)54)48-43(56)52(26-32-23-47-24-36(32)46)41(31-17-20-57-21-18-31)42-49-37(34-22-33(44)13-14-35(34)45)27-50(42)25-30-10-6-5-7-11-30/h5-7,10-11,13-16,22,27,29,31-32,36,41,47H,2-4,8-9,12,17-21,23-26,28H2,1H3,(H,48,56)/t29-,32-,36-,41+/m0/s1. The molecule has 2 N–H and O–H groups in total. The third-order valence-corrected chi connectivity index (χ3v) is 11.0. The van der Waals surface area contributed by atoms with E-state index in [2.05, 4.69) is 10.6 Å². The zero-order valence-electron chi connectivity index (χ0n) is 32.9. The van der Waals surface area contributed by atoms with Gasteiger partial charge in [-0.15, -0.1) is 0 Å². The number of halogens is 3. The molecule has 312 valence electrons. The third kappa shape index (κ3) is 11.3. The normalized spacial score (nSPS) is 19.4. The third-order valence-electron chi connectivity index (χ3n) is 11.0.